The first-order valence-electron chi connectivity index (χ1n) is 23.8. The second-order valence-corrected chi connectivity index (χ2v) is 19.5. The van der Waals surface area contributed by atoms with Gasteiger partial charge in [-0.1, -0.05) is 181 Å². The Bertz CT molecular complexity index is 1250. The van der Waals surface area contributed by atoms with Gasteiger partial charge in [-0.25, -0.2) is 8.37 Å². The van der Waals surface area contributed by atoms with Gasteiger partial charge in [-0.2, -0.15) is 16.8 Å². The van der Waals surface area contributed by atoms with E-state index < -0.39 is 70.0 Å². The van der Waals surface area contributed by atoms with E-state index >= 15 is 0 Å². The van der Waals surface area contributed by atoms with Crippen LogP contribution >= 0.6 is 0 Å². The number of rotatable bonds is 41. The Labute approximate surface area is 365 Å². The Hall–Kier alpha value is -0.500. The van der Waals surface area contributed by atoms with Gasteiger partial charge >= 0.3 is 20.8 Å². The molecular formula is C44H86O14S2. The molecule has 60 heavy (non-hydrogen) atoms. The van der Waals surface area contributed by atoms with E-state index in [-0.39, 0.29) is 13.2 Å². The fourth-order valence-electron chi connectivity index (χ4n) is 8.01. The lowest BCUT2D eigenvalue weighted by atomic mass is 9.99. The summed E-state index contributed by atoms with van der Waals surface area (Å²) in [6, 6.07) is 0. The van der Waals surface area contributed by atoms with Crippen molar-refractivity contribution >= 4 is 20.8 Å². The molecule has 0 aromatic heterocycles. The minimum Gasteiger partial charge on any atom is -0.379 e. The molecule has 0 amide bonds. The Morgan fingerprint density at radius 3 is 1.40 bits per heavy atom. The summed E-state index contributed by atoms with van der Waals surface area (Å²) in [7, 11) is -9.87. The Balaban J connectivity index is 1.85. The van der Waals surface area contributed by atoms with Crippen molar-refractivity contribution in [2.45, 2.75) is 250 Å². The Morgan fingerprint density at radius 2 is 0.967 bits per heavy atom. The summed E-state index contributed by atoms with van der Waals surface area (Å²) in [5, 5.41) is 0. The first kappa shape index (κ1) is 55.6. The van der Waals surface area contributed by atoms with E-state index in [2.05, 4.69) is 18.0 Å². The fraction of sp³-hybridized carbons (Fsp3) is 1.00. The van der Waals surface area contributed by atoms with Crippen molar-refractivity contribution in [3.05, 3.63) is 0 Å². The molecule has 6 atom stereocenters. The molecule has 2 rings (SSSR count). The van der Waals surface area contributed by atoms with E-state index in [0.717, 1.165) is 32.1 Å². The average molecular weight is 903 g/mol. The molecule has 0 radical (unpaired) electrons. The van der Waals surface area contributed by atoms with Crippen LogP contribution in [0.4, 0.5) is 0 Å². The van der Waals surface area contributed by atoms with Crippen LogP contribution in [0, 0.1) is 0 Å². The predicted molar refractivity (Wildman–Crippen MR) is 234 cm³/mol. The van der Waals surface area contributed by atoms with Crippen molar-refractivity contribution < 1.29 is 62.7 Å². The third kappa shape index (κ3) is 28.3. The maximum atomic E-state index is 12.0. The second-order valence-electron chi connectivity index (χ2n) is 17.4. The maximum absolute atomic E-state index is 12.0. The van der Waals surface area contributed by atoms with Gasteiger partial charge in [0.2, 0.25) is 0 Å². The minimum atomic E-state index is -5.02. The lowest BCUT2D eigenvalue weighted by Gasteiger charge is -2.40. The monoisotopic (exact) mass is 903 g/mol. The van der Waals surface area contributed by atoms with E-state index in [9.17, 15) is 25.9 Å². The fourth-order valence-corrected chi connectivity index (χ4v) is 8.80. The van der Waals surface area contributed by atoms with Crippen LogP contribution in [0.1, 0.15) is 207 Å². The van der Waals surface area contributed by atoms with Crippen LogP contribution in [-0.4, -0.2) is 102 Å². The highest BCUT2D eigenvalue weighted by Gasteiger charge is 2.57. The lowest BCUT2D eigenvalue weighted by molar-refractivity contribution is -0.282. The van der Waals surface area contributed by atoms with Crippen LogP contribution in [0.15, 0.2) is 0 Å². The van der Waals surface area contributed by atoms with E-state index in [0.29, 0.717) is 13.2 Å². The largest absolute Gasteiger partial charge is 0.397 e. The van der Waals surface area contributed by atoms with Gasteiger partial charge in [-0.3, -0.25) is 9.11 Å². The summed E-state index contributed by atoms with van der Waals surface area (Å²) < 4.78 is 111. The molecule has 2 saturated heterocycles. The lowest BCUT2D eigenvalue weighted by Crippen LogP contribution is -2.59. The van der Waals surface area contributed by atoms with Crippen molar-refractivity contribution in [2.24, 2.45) is 0 Å². The molecular weight excluding hydrogens is 817 g/mol. The molecule has 14 nitrogen and oxygen atoms in total. The van der Waals surface area contributed by atoms with Crippen molar-refractivity contribution in [3.8, 4) is 0 Å². The van der Waals surface area contributed by atoms with E-state index in [1.807, 2.05) is 0 Å². The quantitative estimate of drug-likeness (QED) is 0.0436. The Kier molecular flexibility index (Phi) is 30.6. The molecule has 2 fully saturated rings. The van der Waals surface area contributed by atoms with Crippen LogP contribution in [0.3, 0.4) is 0 Å². The molecule has 0 unspecified atom stereocenters. The molecule has 2 aliphatic rings. The molecule has 0 spiro atoms. The molecule has 0 saturated carbocycles. The highest BCUT2D eigenvalue weighted by molar-refractivity contribution is 7.81. The Morgan fingerprint density at radius 1 is 0.550 bits per heavy atom. The van der Waals surface area contributed by atoms with Gasteiger partial charge in [0.1, 0.15) is 24.4 Å². The van der Waals surface area contributed by atoms with Gasteiger partial charge in [0.25, 0.3) is 0 Å². The van der Waals surface area contributed by atoms with Gasteiger partial charge < -0.3 is 28.4 Å². The van der Waals surface area contributed by atoms with Crippen molar-refractivity contribution in [3.63, 3.8) is 0 Å². The summed E-state index contributed by atoms with van der Waals surface area (Å²) in [4.78, 5) is 0. The van der Waals surface area contributed by atoms with Gasteiger partial charge in [0, 0.05) is 13.2 Å². The molecule has 0 bridgehead atoms. The first-order chi connectivity index (χ1) is 28.7. The molecule has 358 valence electrons. The topological polar surface area (TPSA) is 183 Å². The maximum Gasteiger partial charge on any atom is 0.397 e. The summed E-state index contributed by atoms with van der Waals surface area (Å²) in [5.74, 6) is -1.26. The summed E-state index contributed by atoms with van der Waals surface area (Å²) >= 11 is 0. The molecule has 16 heteroatoms. The molecule has 2 N–H and O–H groups in total. The highest BCUT2D eigenvalue weighted by atomic mass is 32.3. The van der Waals surface area contributed by atoms with Gasteiger partial charge in [-0.15, -0.1) is 0 Å². The van der Waals surface area contributed by atoms with Crippen molar-refractivity contribution in [1.82, 2.24) is 0 Å². The zero-order valence-electron chi connectivity index (χ0n) is 37.9. The third-order valence-electron chi connectivity index (χ3n) is 11.3. The zero-order valence-corrected chi connectivity index (χ0v) is 39.5. The van der Waals surface area contributed by atoms with Crippen LogP contribution < -0.4 is 0 Å². The number of hydrogen-bond acceptors (Lipinski definition) is 12. The first-order valence-corrected chi connectivity index (χ1v) is 26.6. The van der Waals surface area contributed by atoms with Crippen molar-refractivity contribution in [1.29, 1.82) is 0 Å². The molecule has 0 aliphatic carbocycles. The van der Waals surface area contributed by atoms with Gasteiger partial charge in [-0.05, 0) is 26.7 Å². The van der Waals surface area contributed by atoms with E-state index in [4.69, 9.17) is 32.6 Å². The number of unbranched alkanes of at least 4 members (excludes halogenated alkanes) is 26. The van der Waals surface area contributed by atoms with Crippen LogP contribution in [0.5, 0.6) is 0 Å². The second kappa shape index (κ2) is 33.0. The average Bonchev–Trinajstić information content (AvgIpc) is 3.52. The van der Waals surface area contributed by atoms with Crippen LogP contribution in [0.2, 0.25) is 0 Å². The molecule has 2 aliphatic heterocycles. The molecule has 0 aromatic rings. The van der Waals surface area contributed by atoms with Gasteiger partial charge in [0.15, 0.2) is 18.2 Å². The van der Waals surface area contributed by atoms with Crippen molar-refractivity contribution in [2.75, 3.05) is 33.0 Å². The molecule has 0 aromatic carbocycles. The predicted octanol–water partition coefficient (Wildman–Crippen LogP) is 10.6. The SMILES string of the molecule is CCCCCCCCCCCCCCCCOC[C@H](CO[C@@H]1O[C@H](COS(=O)(=O)O)[C@@H]2OC(C)(C)O[C@@H]2[C@H]1OS(=O)(=O)O)OCCCCCCCCCCCCCCCC. The molecule has 2 heterocycles. The van der Waals surface area contributed by atoms with Gasteiger partial charge in [0.05, 0.1) is 19.8 Å². The van der Waals surface area contributed by atoms with Crippen LogP contribution in [-0.2, 0) is 57.6 Å². The third-order valence-corrected chi connectivity index (χ3v) is 12.2. The van der Waals surface area contributed by atoms with E-state index in [1.165, 1.54) is 148 Å². The standard InChI is InChI=1S/C44H86O14S2/c1-5-7-9-11-13-15-17-19-21-23-25-27-29-31-33-51-35-38(52-34-32-30-28-26-24-22-20-18-16-14-12-10-8-6-2)36-53-43-42(58-60(48,49)50)41-40(56-44(3,4)57-41)39(55-43)37-54-59(45,46)47/h38-43H,5-37H2,1-4H3,(H,45,46,47)(H,48,49,50)/t38-,39-,40+,41+,42-,43-/m1/s1. The summed E-state index contributed by atoms with van der Waals surface area (Å²) in [6.45, 7) is 8.14. The summed E-state index contributed by atoms with van der Waals surface area (Å²) in [5.41, 5.74) is 0. The van der Waals surface area contributed by atoms with Crippen LogP contribution in [0.25, 0.3) is 0 Å². The number of ether oxygens (including phenoxy) is 6. The van der Waals surface area contributed by atoms with E-state index in [1.54, 1.807) is 13.8 Å². The number of hydrogen-bond donors (Lipinski definition) is 2. The summed E-state index contributed by atoms with van der Waals surface area (Å²) in [6.07, 6.45) is 28.3. The normalized spacial score (nSPS) is 22.3. The smallest absolute Gasteiger partial charge is 0.379 e. The zero-order chi connectivity index (χ0) is 44.0. The highest BCUT2D eigenvalue weighted by Crippen LogP contribution is 2.39. The minimum absolute atomic E-state index is 0.0964. The number of fused-ring (bicyclic) bond motifs is 1.